The molecule has 1 aromatic heterocycles. The van der Waals surface area contributed by atoms with Crippen molar-refractivity contribution < 1.29 is 14.2 Å². The van der Waals surface area contributed by atoms with Crippen molar-refractivity contribution in [3.8, 4) is 22.8 Å². The van der Waals surface area contributed by atoms with E-state index < -0.39 is 0 Å². The summed E-state index contributed by atoms with van der Waals surface area (Å²) in [6, 6.07) is 12.1. The summed E-state index contributed by atoms with van der Waals surface area (Å²) in [6.45, 7) is 9.58. The second-order valence-corrected chi connectivity index (χ2v) is 7.25. The fraction of sp³-hybridized carbons (Fsp3) is 0.542. The van der Waals surface area contributed by atoms with E-state index in [0.717, 1.165) is 61.8 Å². The summed E-state index contributed by atoms with van der Waals surface area (Å²) in [5.41, 5.74) is 2.00. The summed E-state index contributed by atoms with van der Waals surface area (Å²) >= 11 is 0. The van der Waals surface area contributed by atoms with Gasteiger partial charge < -0.3 is 14.2 Å². The molecule has 28 heavy (non-hydrogen) atoms. The van der Waals surface area contributed by atoms with Crippen LogP contribution in [0.1, 0.15) is 52.9 Å². The van der Waals surface area contributed by atoms with Crippen molar-refractivity contribution in [2.45, 2.75) is 52.9 Å². The van der Waals surface area contributed by atoms with Gasteiger partial charge in [0.25, 0.3) is 0 Å². The van der Waals surface area contributed by atoms with Crippen LogP contribution in [0.15, 0.2) is 42.6 Å². The van der Waals surface area contributed by atoms with Crippen LogP contribution in [0.3, 0.4) is 0 Å². The quantitative estimate of drug-likeness (QED) is 0.366. The third kappa shape index (κ3) is 8.30. The van der Waals surface area contributed by atoms with Crippen LogP contribution in [0, 0.1) is 5.92 Å². The van der Waals surface area contributed by atoms with Crippen molar-refractivity contribution in [1.82, 2.24) is 4.98 Å². The second-order valence-electron chi connectivity index (χ2n) is 7.25. The zero-order valence-electron chi connectivity index (χ0n) is 17.7. The molecular formula is C24H35NO3. The summed E-state index contributed by atoms with van der Waals surface area (Å²) in [7, 11) is 0. The van der Waals surface area contributed by atoms with E-state index in [-0.39, 0.29) is 0 Å². The highest BCUT2D eigenvalue weighted by Gasteiger charge is 2.03. The van der Waals surface area contributed by atoms with Crippen LogP contribution >= 0.6 is 0 Å². The minimum absolute atomic E-state index is 0.571. The lowest BCUT2D eigenvalue weighted by atomic mass is 10.1. The molecular weight excluding hydrogens is 350 g/mol. The molecule has 4 heteroatoms. The van der Waals surface area contributed by atoms with Gasteiger partial charge in [0.15, 0.2) is 0 Å². The summed E-state index contributed by atoms with van der Waals surface area (Å²) in [5.74, 6) is 2.27. The lowest BCUT2D eigenvalue weighted by Crippen LogP contribution is -2.07. The largest absolute Gasteiger partial charge is 0.493 e. The molecule has 0 radical (unpaired) electrons. The van der Waals surface area contributed by atoms with Gasteiger partial charge in [-0.1, -0.05) is 40.0 Å². The number of rotatable bonds is 14. The van der Waals surface area contributed by atoms with Crippen LogP contribution in [0.25, 0.3) is 11.3 Å². The molecule has 4 nitrogen and oxygen atoms in total. The van der Waals surface area contributed by atoms with Gasteiger partial charge >= 0.3 is 0 Å². The van der Waals surface area contributed by atoms with Crippen LogP contribution in [-0.4, -0.2) is 31.4 Å². The second kappa shape index (κ2) is 13.2. The Hall–Kier alpha value is -2.07. The number of pyridine rings is 1. The minimum Gasteiger partial charge on any atom is -0.493 e. The number of hydrogen-bond donors (Lipinski definition) is 0. The first-order chi connectivity index (χ1) is 13.7. The maximum Gasteiger partial charge on any atom is 0.137 e. The van der Waals surface area contributed by atoms with E-state index >= 15 is 0 Å². The Labute approximate surface area is 170 Å². The zero-order valence-corrected chi connectivity index (χ0v) is 17.7. The Morgan fingerprint density at radius 1 is 0.821 bits per heavy atom. The third-order valence-electron chi connectivity index (χ3n) is 4.71. The zero-order chi connectivity index (χ0) is 20.0. The summed E-state index contributed by atoms with van der Waals surface area (Å²) < 4.78 is 17.1. The fourth-order valence-electron chi connectivity index (χ4n) is 2.62. The molecule has 0 N–H and O–H groups in total. The van der Waals surface area contributed by atoms with Crippen LogP contribution in [0.5, 0.6) is 11.5 Å². The first-order valence-electron chi connectivity index (χ1n) is 10.6. The summed E-state index contributed by atoms with van der Waals surface area (Å²) in [4.78, 5) is 4.52. The number of benzene rings is 1. The first-order valence-corrected chi connectivity index (χ1v) is 10.6. The Balaban J connectivity index is 1.71. The lowest BCUT2D eigenvalue weighted by molar-refractivity contribution is 0.116. The van der Waals surface area contributed by atoms with E-state index in [1.165, 1.54) is 12.8 Å². The van der Waals surface area contributed by atoms with Crippen molar-refractivity contribution in [3.05, 3.63) is 42.6 Å². The van der Waals surface area contributed by atoms with Crippen LogP contribution in [0.2, 0.25) is 0 Å². The van der Waals surface area contributed by atoms with E-state index in [1.54, 1.807) is 6.20 Å². The predicted octanol–water partition coefficient (Wildman–Crippen LogP) is 6.15. The van der Waals surface area contributed by atoms with Gasteiger partial charge in [0.05, 0.1) is 25.1 Å². The SMILES string of the molecule is CCCCCOCCCOc1ccc(-c2ccc(OCC(C)CC)cc2)nc1. The number of ether oxygens (including phenoxy) is 3. The molecule has 0 aliphatic carbocycles. The topological polar surface area (TPSA) is 40.6 Å². The van der Waals surface area contributed by atoms with Crippen molar-refractivity contribution >= 4 is 0 Å². The minimum atomic E-state index is 0.571. The van der Waals surface area contributed by atoms with Crippen molar-refractivity contribution in [1.29, 1.82) is 0 Å². The Kier molecular flexibility index (Phi) is 10.4. The van der Waals surface area contributed by atoms with Crippen LogP contribution < -0.4 is 9.47 Å². The van der Waals surface area contributed by atoms with Crippen LogP contribution in [0.4, 0.5) is 0 Å². The van der Waals surface area contributed by atoms with Crippen molar-refractivity contribution in [2.75, 3.05) is 26.4 Å². The summed E-state index contributed by atoms with van der Waals surface area (Å²) in [6.07, 6.45) is 7.42. The number of hydrogen-bond acceptors (Lipinski definition) is 4. The smallest absolute Gasteiger partial charge is 0.137 e. The van der Waals surface area contributed by atoms with Crippen LogP contribution in [-0.2, 0) is 4.74 Å². The van der Waals surface area contributed by atoms with E-state index in [0.29, 0.717) is 12.5 Å². The first kappa shape index (κ1) is 22.2. The van der Waals surface area contributed by atoms with Gasteiger partial charge in [-0.3, -0.25) is 4.98 Å². The molecule has 0 amide bonds. The van der Waals surface area contributed by atoms with Gasteiger partial charge in [0.1, 0.15) is 11.5 Å². The van der Waals surface area contributed by atoms with Crippen molar-refractivity contribution in [3.63, 3.8) is 0 Å². The monoisotopic (exact) mass is 385 g/mol. The maximum absolute atomic E-state index is 5.81. The van der Waals surface area contributed by atoms with E-state index in [2.05, 4.69) is 25.8 Å². The van der Waals surface area contributed by atoms with Gasteiger partial charge in [-0.2, -0.15) is 0 Å². The number of aromatic nitrogens is 1. The summed E-state index contributed by atoms with van der Waals surface area (Å²) in [5, 5.41) is 0. The molecule has 1 unspecified atom stereocenters. The molecule has 1 heterocycles. The highest BCUT2D eigenvalue weighted by Crippen LogP contribution is 2.23. The molecule has 0 bridgehead atoms. The lowest BCUT2D eigenvalue weighted by Gasteiger charge is -2.11. The van der Waals surface area contributed by atoms with E-state index in [4.69, 9.17) is 14.2 Å². The third-order valence-corrected chi connectivity index (χ3v) is 4.71. The van der Waals surface area contributed by atoms with Gasteiger partial charge in [-0.15, -0.1) is 0 Å². The van der Waals surface area contributed by atoms with Crippen molar-refractivity contribution in [2.24, 2.45) is 5.92 Å². The molecule has 0 fully saturated rings. The predicted molar refractivity (Wildman–Crippen MR) is 115 cm³/mol. The van der Waals surface area contributed by atoms with E-state index in [1.807, 2.05) is 36.4 Å². The molecule has 0 aliphatic rings. The Bertz CT molecular complexity index is 640. The number of nitrogens with zero attached hydrogens (tertiary/aromatic N) is 1. The maximum atomic E-state index is 5.81. The molecule has 0 spiro atoms. The molecule has 154 valence electrons. The molecule has 1 aromatic carbocycles. The highest BCUT2D eigenvalue weighted by molar-refractivity contribution is 5.60. The number of unbranched alkanes of at least 4 members (excludes halogenated alkanes) is 2. The average Bonchev–Trinajstić information content (AvgIpc) is 2.74. The van der Waals surface area contributed by atoms with Gasteiger partial charge in [0, 0.05) is 25.2 Å². The highest BCUT2D eigenvalue weighted by atomic mass is 16.5. The molecule has 2 aromatic rings. The Morgan fingerprint density at radius 3 is 2.25 bits per heavy atom. The normalized spacial score (nSPS) is 12.0. The van der Waals surface area contributed by atoms with Gasteiger partial charge in [0.2, 0.25) is 0 Å². The van der Waals surface area contributed by atoms with E-state index in [9.17, 15) is 0 Å². The standard InChI is InChI=1S/C24H35NO3/c1-4-6-7-15-26-16-8-17-27-23-13-14-24(25-18-23)21-9-11-22(12-10-21)28-19-20(3)5-2/h9-14,18,20H,4-8,15-17,19H2,1-3H3. The average molecular weight is 386 g/mol. The van der Waals surface area contributed by atoms with Gasteiger partial charge in [-0.25, -0.2) is 0 Å². The fourth-order valence-corrected chi connectivity index (χ4v) is 2.62. The molecule has 0 saturated heterocycles. The molecule has 0 saturated carbocycles. The molecule has 0 aliphatic heterocycles. The Morgan fingerprint density at radius 2 is 1.57 bits per heavy atom. The molecule has 2 rings (SSSR count). The molecule has 1 atom stereocenters. The van der Waals surface area contributed by atoms with Gasteiger partial charge in [-0.05, 0) is 48.7 Å².